The fourth-order valence-corrected chi connectivity index (χ4v) is 6.77. The lowest BCUT2D eigenvalue weighted by molar-refractivity contribution is 0.0628. The van der Waals surface area contributed by atoms with Crippen LogP contribution in [0.2, 0.25) is 0 Å². The third kappa shape index (κ3) is 9.71. The third-order valence-electron chi connectivity index (χ3n) is 4.31. The van der Waals surface area contributed by atoms with Crippen LogP contribution in [0.4, 0.5) is 0 Å². The molecule has 0 spiro atoms. The summed E-state index contributed by atoms with van der Waals surface area (Å²) in [5.41, 5.74) is 0. The number of thioether (sulfide) groups is 2. The summed E-state index contributed by atoms with van der Waals surface area (Å²) in [4.78, 5) is 4.94. The molecule has 0 atom stereocenters. The Hall–Kier alpha value is 0.1000. The molecule has 14 heteroatoms. The van der Waals surface area contributed by atoms with Gasteiger partial charge in [-0.2, -0.15) is 10.2 Å². The molecule has 1 saturated heterocycles. The predicted molar refractivity (Wildman–Crippen MR) is 131 cm³/mol. The number of aromatic amines is 2. The Kier molecular flexibility index (Phi) is 11.8. The standard InChI is InChI=1S/C16H26N6O2S6/c25-13-17-19-15(29-13)27-11-9-23-7-5-21-1-2-22(4-3-21)6-8-24-10-12-28-16-20-18-14(26)30-16/h1-12H2,(H,17,25)(H,18,26). The van der Waals surface area contributed by atoms with Crippen LogP contribution in [0, 0.1) is 7.91 Å². The normalized spacial score (nSPS) is 15.7. The van der Waals surface area contributed by atoms with Crippen molar-refractivity contribution in [3.8, 4) is 0 Å². The zero-order valence-corrected chi connectivity index (χ0v) is 21.4. The Bertz CT molecular complexity index is 762. The highest BCUT2D eigenvalue weighted by Gasteiger charge is 2.16. The number of piperazine rings is 1. The molecule has 0 amide bonds. The first-order chi connectivity index (χ1) is 14.7. The fourth-order valence-electron chi connectivity index (χ4n) is 2.76. The largest absolute Gasteiger partial charge is 0.379 e. The number of nitrogens with zero attached hydrogens (tertiary/aromatic N) is 4. The smallest absolute Gasteiger partial charge is 0.177 e. The van der Waals surface area contributed by atoms with Gasteiger partial charge in [-0.05, 0) is 24.4 Å². The molecule has 0 saturated carbocycles. The molecule has 2 aromatic rings. The molecule has 30 heavy (non-hydrogen) atoms. The van der Waals surface area contributed by atoms with Crippen LogP contribution in [-0.4, -0.2) is 107 Å². The van der Waals surface area contributed by atoms with Gasteiger partial charge in [0.1, 0.15) is 0 Å². The zero-order chi connectivity index (χ0) is 21.0. The van der Waals surface area contributed by atoms with Crippen molar-refractivity contribution in [2.24, 2.45) is 0 Å². The summed E-state index contributed by atoms with van der Waals surface area (Å²) in [5.74, 6) is 1.80. The van der Waals surface area contributed by atoms with Crippen molar-refractivity contribution in [1.29, 1.82) is 0 Å². The van der Waals surface area contributed by atoms with Crippen molar-refractivity contribution < 1.29 is 9.47 Å². The maximum absolute atomic E-state index is 5.76. The van der Waals surface area contributed by atoms with E-state index in [1.165, 1.54) is 22.7 Å². The lowest BCUT2D eigenvalue weighted by Crippen LogP contribution is -2.48. The van der Waals surface area contributed by atoms with Crippen molar-refractivity contribution in [3.05, 3.63) is 7.91 Å². The van der Waals surface area contributed by atoms with E-state index in [1.807, 2.05) is 0 Å². The second kappa shape index (κ2) is 14.3. The Morgan fingerprint density at radius 1 is 0.767 bits per heavy atom. The summed E-state index contributed by atoms with van der Waals surface area (Å²) >= 11 is 16.4. The third-order valence-corrected chi connectivity index (χ3v) is 8.70. The molecular weight excluding hydrogens is 501 g/mol. The van der Waals surface area contributed by atoms with Gasteiger partial charge >= 0.3 is 0 Å². The average Bonchev–Trinajstić information content (AvgIpc) is 3.36. The minimum absolute atomic E-state index is 0.723. The highest BCUT2D eigenvalue weighted by atomic mass is 32.2. The first-order valence-corrected chi connectivity index (χ1v) is 14.1. The van der Waals surface area contributed by atoms with Crippen molar-refractivity contribution in [3.63, 3.8) is 0 Å². The van der Waals surface area contributed by atoms with Crippen LogP contribution in [0.15, 0.2) is 8.68 Å². The molecule has 168 valence electrons. The van der Waals surface area contributed by atoms with Crippen LogP contribution in [0.25, 0.3) is 0 Å². The van der Waals surface area contributed by atoms with Crippen LogP contribution >= 0.6 is 70.6 Å². The first-order valence-electron chi connectivity index (χ1n) is 9.66. The van der Waals surface area contributed by atoms with Crippen LogP contribution in [0.5, 0.6) is 0 Å². The summed E-state index contributed by atoms with van der Waals surface area (Å²) in [6.07, 6.45) is 0. The molecule has 0 radical (unpaired) electrons. The number of hydrogen-bond acceptors (Lipinski definition) is 12. The van der Waals surface area contributed by atoms with Crippen molar-refractivity contribution in [2.45, 2.75) is 8.68 Å². The summed E-state index contributed by atoms with van der Waals surface area (Å²) in [6.45, 7) is 9.39. The molecule has 1 aliphatic heterocycles. The molecular formula is C16H26N6O2S6. The molecule has 2 aromatic heterocycles. The Morgan fingerprint density at radius 2 is 1.20 bits per heavy atom. The van der Waals surface area contributed by atoms with Crippen LogP contribution in [0.1, 0.15) is 0 Å². The van der Waals surface area contributed by atoms with Gasteiger partial charge in [0.2, 0.25) is 0 Å². The van der Waals surface area contributed by atoms with Gasteiger partial charge in [0.05, 0.1) is 26.4 Å². The fraction of sp³-hybridized carbons (Fsp3) is 0.750. The van der Waals surface area contributed by atoms with Gasteiger partial charge in [-0.3, -0.25) is 20.0 Å². The monoisotopic (exact) mass is 526 g/mol. The Morgan fingerprint density at radius 3 is 1.57 bits per heavy atom. The number of aromatic nitrogens is 4. The van der Waals surface area contributed by atoms with Crippen LogP contribution < -0.4 is 0 Å². The number of nitrogens with one attached hydrogen (secondary N) is 2. The quantitative estimate of drug-likeness (QED) is 0.217. The Balaban J connectivity index is 1.12. The predicted octanol–water partition coefficient (Wildman–Crippen LogP) is 3.25. The second-order valence-electron chi connectivity index (χ2n) is 6.36. The molecule has 1 fully saturated rings. The summed E-state index contributed by atoms with van der Waals surface area (Å²) < 4.78 is 14.9. The van der Waals surface area contributed by atoms with Gasteiger partial charge in [0.15, 0.2) is 16.6 Å². The van der Waals surface area contributed by atoms with Crippen LogP contribution in [-0.2, 0) is 9.47 Å². The lowest BCUT2D eigenvalue weighted by atomic mass is 10.3. The molecule has 0 bridgehead atoms. The lowest BCUT2D eigenvalue weighted by Gasteiger charge is -2.34. The van der Waals surface area contributed by atoms with E-state index in [1.54, 1.807) is 23.5 Å². The van der Waals surface area contributed by atoms with E-state index >= 15 is 0 Å². The minimum Gasteiger partial charge on any atom is -0.379 e. The molecule has 0 aromatic carbocycles. The Labute approximate surface area is 203 Å². The second-order valence-corrected chi connectivity index (χ2v) is 12.4. The molecule has 0 aliphatic carbocycles. The van der Waals surface area contributed by atoms with Crippen LogP contribution in [0.3, 0.4) is 0 Å². The maximum Gasteiger partial charge on any atom is 0.177 e. The summed E-state index contributed by atoms with van der Waals surface area (Å²) in [7, 11) is 0. The average molecular weight is 527 g/mol. The van der Waals surface area contributed by atoms with Gasteiger partial charge in [0, 0.05) is 50.8 Å². The SMILES string of the molecule is S=c1[nH]nc(SCCOCCN2CCN(CCOCCSc3n[nH]c(=S)s3)CC2)s1. The molecule has 8 nitrogen and oxygen atoms in total. The minimum atomic E-state index is 0.723. The molecule has 3 heterocycles. The summed E-state index contributed by atoms with van der Waals surface area (Å²) in [5, 5.41) is 13.8. The van der Waals surface area contributed by atoms with Gasteiger partial charge in [-0.1, -0.05) is 46.2 Å². The van der Waals surface area contributed by atoms with Crippen molar-refractivity contribution >= 4 is 70.6 Å². The van der Waals surface area contributed by atoms with Gasteiger partial charge in [0.25, 0.3) is 0 Å². The summed E-state index contributed by atoms with van der Waals surface area (Å²) in [6, 6.07) is 0. The van der Waals surface area contributed by atoms with E-state index in [2.05, 4.69) is 30.2 Å². The molecule has 3 rings (SSSR count). The van der Waals surface area contributed by atoms with E-state index in [0.29, 0.717) is 0 Å². The maximum atomic E-state index is 5.76. The van der Waals surface area contributed by atoms with Gasteiger partial charge < -0.3 is 9.47 Å². The highest BCUT2D eigenvalue weighted by Crippen LogP contribution is 2.20. The van der Waals surface area contributed by atoms with Gasteiger partial charge in [-0.25, -0.2) is 0 Å². The van der Waals surface area contributed by atoms with E-state index in [-0.39, 0.29) is 0 Å². The van der Waals surface area contributed by atoms with Gasteiger partial charge in [-0.15, -0.1) is 0 Å². The van der Waals surface area contributed by atoms with E-state index in [0.717, 1.165) is 93.8 Å². The number of ether oxygens (including phenoxy) is 2. The highest BCUT2D eigenvalue weighted by molar-refractivity contribution is 8.01. The molecule has 0 unspecified atom stereocenters. The van der Waals surface area contributed by atoms with E-state index < -0.39 is 0 Å². The van der Waals surface area contributed by atoms with E-state index in [4.69, 9.17) is 33.9 Å². The molecule has 1 aliphatic rings. The zero-order valence-electron chi connectivity index (χ0n) is 16.5. The number of hydrogen-bond donors (Lipinski definition) is 2. The number of rotatable bonds is 14. The first kappa shape index (κ1) is 24.7. The molecule has 2 N–H and O–H groups in total. The number of H-pyrrole nitrogens is 2. The topological polar surface area (TPSA) is 82.3 Å². The van der Waals surface area contributed by atoms with Crippen molar-refractivity contribution in [2.75, 3.05) is 77.2 Å². The van der Waals surface area contributed by atoms with E-state index in [9.17, 15) is 0 Å². The van der Waals surface area contributed by atoms with Crippen molar-refractivity contribution in [1.82, 2.24) is 30.2 Å².